The van der Waals surface area contributed by atoms with Gasteiger partial charge in [-0.2, -0.15) is 0 Å². The SMILES string of the molecule is Cc1cccc2nc(CN3Cc4ccccc4CC3C(=O)NCCc3ccc(F)cc3)cn12. The molecule has 0 fully saturated rings. The summed E-state index contributed by atoms with van der Waals surface area (Å²) in [4.78, 5) is 20.2. The summed E-state index contributed by atoms with van der Waals surface area (Å²) >= 11 is 0. The standard InChI is InChI=1S/C27H27FN4O/c1-19-5-4-8-26-30-24(18-32(19)26)17-31-16-22-7-3-2-6-21(22)15-25(31)27(33)29-14-13-20-9-11-23(28)12-10-20/h2-12,18,25H,13-17H2,1H3,(H,29,33). The van der Waals surface area contributed by atoms with Gasteiger partial charge in [0.2, 0.25) is 5.91 Å². The zero-order valence-electron chi connectivity index (χ0n) is 18.7. The highest BCUT2D eigenvalue weighted by molar-refractivity contribution is 5.82. The molecule has 1 unspecified atom stereocenters. The third-order valence-corrected chi connectivity index (χ3v) is 6.39. The molecule has 0 saturated heterocycles. The molecule has 33 heavy (non-hydrogen) atoms. The van der Waals surface area contributed by atoms with Crippen LogP contribution < -0.4 is 5.32 Å². The van der Waals surface area contributed by atoms with Gasteiger partial charge in [0.1, 0.15) is 11.5 Å². The van der Waals surface area contributed by atoms with Crippen molar-refractivity contribution in [3.05, 3.63) is 107 Å². The van der Waals surface area contributed by atoms with Crippen molar-refractivity contribution >= 4 is 11.6 Å². The molecule has 3 heterocycles. The Kier molecular flexibility index (Phi) is 5.92. The van der Waals surface area contributed by atoms with Crippen LogP contribution >= 0.6 is 0 Å². The van der Waals surface area contributed by atoms with E-state index in [9.17, 15) is 9.18 Å². The number of nitrogens with zero attached hydrogens (tertiary/aromatic N) is 3. The molecule has 2 aromatic carbocycles. The van der Waals surface area contributed by atoms with Crippen molar-refractivity contribution in [1.82, 2.24) is 19.6 Å². The molecule has 4 aromatic rings. The van der Waals surface area contributed by atoms with Crippen molar-refractivity contribution in [2.24, 2.45) is 0 Å². The molecule has 1 atom stereocenters. The minimum Gasteiger partial charge on any atom is -0.354 e. The average Bonchev–Trinajstić information content (AvgIpc) is 3.24. The number of hydrogen-bond donors (Lipinski definition) is 1. The first-order chi connectivity index (χ1) is 16.1. The maximum Gasteiger partial charge on any atom is 0.237 e. The Hall–Kier alpha value is -3.51. The van der Waals surface area contributed by atoms with E-state index >= 15 is 0 Å². The lowest BCUT2D eigenvalue weighted by Gasteiger charge is -2.35. The van der Waals surface area contributed by atoms with Gasteiger partial charge in [0.15, 0.2) is 0 Å². The zero-order valence-corrected chi connectivity index (χ0v) is 18.7. The van der Waals surface area contributed by atoms with Gasteiger partial charge in [0.25, 0.3) is 0 Å². The van der Waals surface area contributed by atoms with Crippen molar-refractivity contribution in [2.75, 3.05) is 6.54 Å². The molecule has 1 N–H and O–H groups in total. The van der Waals surface area contributed by atoms with Gasteiger partial charge in [-0.3, -0.25) is 9.69 Å². The zero-order chi connectivity index (χ0) is 22.8. The third-order valence-electron chi connectivity index (χ3n) is 6.39. The molecule has 0 spiro atoms. The Morgan fingerprint density at radius 2 is 1.85 bits per heavy atom. The predicted octanol–water partition coefficient (Wildman–Crippen LogP) is 4.07. The lowest BCUT2D eigenvalue weighted by atomic mass is 9.93. The molecule has 0 radical (unpaired) electrons. The van der Waals surface area contributed by atoms with E-state index in [2.05, 4.69) is 45.9 Å². The van der Waals surface area contributed by atoms with Gasteiger partial charge < -0.3 is 9.72 Å². The number of halogens is 1. The van der Waals surface area contributed by atoms with Gasteiger partial charge in [-0.15, -0.1) is 0 Å². The molecule has 168 valence electrons. The van der Waals surface area contributed by atoms with Gasteiger partial charge in [0, 0.05) is 31.5 Å². The molecular weight excluding hydrogens is 415 g/mol. The number of nitrogens with one attached hydrogen (secondary N) is 1. The predicted molar refractivity (Wildman–Crippen MR) is 126 cm³/mol. The fraction of sp³-hybridized carbons (Fsp3) is 0.259. The van der Waals surface area contributed by atoms with Gasteiger partial charge in [-0.25, -0.2) is 9.37 Å². The first-order valence-electron chi connectivity index (χ1n) is 11.3. The van der Waals surface area contributed by atoms with Gasteiger partial charge in [0.05, 0.1) is 11.7 Å². The molecule has 5 nitrogen and oxygen atoms in total. The summed E-state index contributed by atoms with van der Waals surface area (Å²) in [7, 11) is 0. The Morgan fingerprint density at radius 1 is 1.06 bits per heavy atom. The fourth-order valence-corrected chi connectivity index (χ4v) is 4.58. The lowest BCUT2D eigenvalue weighted by molar-refractivity contribution is -0.127. The largest absolute Gasteiger partial charge is 0.354 e. The molecule has 6 heteroatoms. The maximum absolute atomic E-state index is 13.2. The van der Waals surface area contributed by atoms with Crippen LogP contribution in [0.3, 0.4) is 0 Å². The summed E-state index contributed by atoms with van der Waals surface area (Å²) in [6, 6.07) is 20.6. The summed E-state index contributed by atoms with van der Waals surface area (Å²) in [5.41, 5.74) is 6.48. The number of fused-ring (bicyclic) bond motifs is 2. The number of carbonyl (C=O) groups is 1. The number of aryl methyl sites for hydroxylation is 1. The topological polar surface area (TPSA) is 49.6 Å². The minimum atomic E-state index is -0.265. The van der Waals surface area contributed by atoms with E-state index in [4.69, 9.17) is 4.98 Å². The molecule has 0 aliphatic carbocycles. The first kappa shape index (κ1) is 21.3. The number of aromatic nitrogens is 2. The summed E-state index contributed by atoms with van der Waals surface area (Å²) in [6.45, 7) is 3.89. The summed E-state index contributed by atoms with van der Waals surface area (Å²) in [5, 5.41) is 3.10. The van der Waals surface area contributed by atoms with Crippen LogP contribution in [0.5, 0.6) is 0 Å². The number of benzene rings is 2. The van der Waals surface area contributed by atoms with Crippen LogP contribution in [0.2, 0.25) is 0 Å². The van der Waals surface area contributed by atoms with Crippen molar-refractivity contribution in [2.45, 2.75) is 38.9 Å². The van der Waals surface area contributed by atoms with Crippen LogP contribution in [0.4, 0.5) is 4.39 Å². The monoisotopic (exact) mass is 442 g/mol. The number of carbonyl (C=O) groups excluding carboxylic acids is 1. The summed E-state index contributed by atoms with van der Waals surface area (Å²) < 4.78 is 15.2. The Morgan fingerprint density at radius 3 is 2.64 bits per heavy atom. The van der Waals surface area contributed by atoms with Crippen molar-refractivity contribution in [1.29, 1.82) is 0 Å². The van der Waals surface area contributed by atoms with Crippen molar-refractivity contribution < 1.29 is 9.18 Å². The highest BCUT2D eigenvalue weighted by atomic mass is 19.1. The van der Waals surface area contributed by atoms with E-state index in [0.717, 1.165) is 22.6 Å². The van der Waals surface area contributed by atoms with E-state index in [0.29, 0.717) is 32.5 Å². The fourth-order valence-electron chi connectivity index (χ4n) is 4.58. The van der Waals surface area contributed by atoms with E-state index in [1.807, 2.05) is 24.3 Å². The highest BCUT2D eigenvalue weighted by Crippen LogP contribution is 2.25. The minimum absolute atomic E-state index is 0.0200. The van der Waals surface area contributed by atoms with E-state index in [1.54, 1.807) is 12.1 Å². The smallest absolute Gasteiger partial charge is 0.237 e. The second-order valence-electron chi connectivity index (χ2n) is 8.69. The number of rotatable bonds is 6. The molecule has 2 aromatic heterocycles. The molecule has 1 aliphatic rings. The van der Waals surface area contributed by atoms with E-state index in [1.165, 1.54) is 23.3 Å². The van der Waals surface area contributed by atoms with Crippen LogP contribution in [-0.4, -0.2) is 32.8 Å². The average molecular weight is 443 g/mol. The normalized spacial score (nSPS) is 16.0. The van der Waals surface area contributed by atoms with Crippen molar-refractivity contribution in [3.63, 3.8) is 0 Å². The summed E-state index contributed by atoms with van der Waals surface area (Å²) in [5.74, 6) is -0.229. The molecule has 0 bridgehead atoms. The second kappa shape index (κ2) is 9.16. The van der Waals surface area contributed by atoms with Crippen LogP contribution in [-0.2, 0) is 30.7 Å². The number of amides is 1. The van der Waals surface area contributed by atoms with Gasteiger partial charge in [-0.05, 0) is 60.7 Å². The molecular formula is C27H27FN4O. The quantitative estimate of drug-likeness (QED) is 0.490. The molecule has 5 rings (SSSR count). The molecule has 1 aliphatic heterocycles. The van der Waals surface area contributed by atoms with Gasteiger partial charge >= 0.3 is 0 Å². The van der Waals surface area contributed by atoms with Gasteiger partial charge in [-0.1, -0.05) is 42.5 Å². The number of pyridine rings is 1. The lowest BCUT2D eigenvalue weighted by Crippen LogP contribution is -2.50. The molecule has 0 saturated carbocycles. The Bertz CT molecular complexity index is 1280. The number of hydrogen-bond acceptors (Lipinski definition) is 3. The van der Waals surface area contributed by atoms with Crippen molar-refractivity contribution in [3.8, 4) is 0 Å². The third kappa shape index (κ3) is 4.66. The van der Waals surface area contributed by atoms with Crippen LogP contribution in [0, 0.1) is 12.7 Å². The van der Waals surface area contributed by atoms with E-state index in [-0.39, 0.29) is 17.8 Å². The second-order valence-corrected chi connectivity index (χ2v) is 8.69. The molecule has 1 amide bonds. The first-order valence-corrected chi connectivity index (χ1v) is 11.3. The highest BCUT2D eigenvalue weighted by Gasteiger charge is 2.31. The van der Waals surface area contributed by atoms with Crippen LogP contribution in [0.1, 0.15) is 28.1 Å². The Balaban J connectivity index is 1.32. The number of imidazole rings is 1. The summed E-state index contributed by atoms with van der Waals surface area (Å²) in [6.07, 6.45) is 3.40. The van der Waals surface area contributed by atoms with Crippen LogP contribution in [0.15, 0.2) is 72.9 Å². The Labute approximate surface area is 192 Å². The maximum atomic E-state index is 13.2. The van der Waals surface area contributed by atoms with E-state index < -0.39 is 0 Å². The van der Waals surface area contributed by atoms with Crippen LogP contribution in [0.25, 0.3) is 5.65 Å².